The minimum atomic E-state index is 0.469. The van der Waals surface area contributed by atoms with Crippen molar-refractivity contribution in [2.75, 3.05) is 26.2 Å². The van der Waals surface area contributed by atoms with Crippen LogP contribution in [0.3, 0.4) is 0 Å². The number of benzene rings is 1. The third kappa shape index (κ3) is 3.33. The van der Waals surface area contributed by atoms with E-state index in [1.807, 2.05) is 6.92 Å². The summed E-state index contributed by atoms with van der Waals surface area (Å²) in [6.07, 6.45) is 3.67. The van der Waals surface area contributed by atoms with Crippen LogP contribution in [0.25, 0.3) is 0 Å². The van der Waals surface area contributed by atoms with Crippen LogP contribution in [0, 0.1) is 13.8 Å². The number of hydrogen-bond donors (Lipinski definition) is 1. The van der Waals surface area contributed by atoms with Crippen molar-refractivity contribution in [3.8, 4) is 5.75 Å². The molecule has 0 bridgehead atoms. The Morgan fingerprint density at radius 3 is 2.50 bits per heavy atom. The van der Waals surface area contributed by atoms with Gasteiger partial charge in [-0.05, 0) is 82.4 Å². The van der Waals surface area contributed by atoms with Gasteiger partial charge in [0.25, 0.3) is 0 Å². The van der Waals surface area contributed by atoms with Crippen molar-refractivity contribution in [1.29, 1.82) is 0 Å². The number of hydrogen-bond acceptors (Lipinski definition) is 3. The lowest BCUT2D eigenvalue weighted by molar-refractivity contribution is 0.235. The van der Waals surface area contributed by atoms with Crippen molar-refractivity contribution in [2.45, 2.75) is 46.1 Å². The van der Waals surface area contributed by atoms with Crippen molar-refractivity contribution in [3.63, 3.8) is 0 Å². The van der Waals surface area contributed by atoms with E-state index in [4.69, 9.17) is 10.5 Å². The summed E-state index contributed by atoms with van der Waals surface area (Å²) >= 11 is 0. The number of ether oxygens (including phenoxy) is 1. The van der Waals surface area contributed by atoms with Crippen LogP contribution in [0.2, 0.25) is 0 Å². The summed E-state index contributed by atoms with van der Waals surface area (Å²) in [6, 6.07) is 4.96. The van der Waals surface area contributed by atoms with Crippen LogP contribution in [0.1, 0.15) is 48.9 Å². The zero-order chi connectivity index (χ0) is 14.5. The minimum absolute atomic E-state index is 0.469. The Kier molecular flexibility index (Phi) is 5.44. The zero-order valence-electron chi connectivity index (χ0n) is 13.1. The maximum Gasteiger partial charge on any atom is 0.122 e. The van der Waals surface area contributed by atoms with E-state index in [2.05, 4.69) is 30.9 Å². The predicted octanol–water partition coefficient (Wildman–Crippen LogP) is 3.19. The first-order valence-corrected chi connectivity index (χ1v) is 7.85. The summed E-state index contributed by atoms with van der Waals surface area (Å²) in [7, 11) is 0. The van der Waals surface area contributed by atoms with Gasteiger partial charge in [-0.2, -0.15) is 0 Å². The fourth-order valence-corrected chi connectivity index (χ4v) is 3.23. The van der Waals surface area contributed by atoms with Crippen molar-refractivity contribution < 1.29 is 4.74 Å². The molecule has 3 nitrogen and oxygen atoms in total. The molecule has 1 unspecified atom stereocenters. The summed E-state index contributed by atoms with van der Waals surface area (Å²) in [6.45, 7) is 10.2. The van der Waals surface area contributed by atoms with E-state index < -0.39 is 0 Å². The molecule has 0 radical (unpaired) electrons. The number of nitrogens with two attached hydrogens (primary N) is 1. The van der Waals surface area contributed by atoms with Gasteiger partial charge >= 0.3 is 0 Å². The first-order valence-electron chi connectivity index (χ1n) is 7.85. The lowest BCUT2D eigenvalue weighted by atomic mass is 9.95. The van der Waals surface area contributed by atoms with Gasteiger partial charge in [-0.15, -0.1) is 0 Å². The standard InChI is InChI=1S/C17H28N2O/c1-4-20-17-12-13(2)15(11-14(17)3)16(7-8-18)19-9-5-6-10-19/h11-12,16H,4-10,18H2,1-3H3. The van der Waals surface area contributed by atoms with E-state index in [1.54, 1.807) is 0 Å². The molecule has 1 atom stereocenters. The molecule has 1 aromatic carbocycles. The second-order valence-corrected chi connectivity index (χ2v) is 5.74. The van der Waals surface area contributed by atoms with Crippen LogP contribution >= 0.6 is 0 Å². The fourth-order valence-electron chi connectivity index (χ4n) is 3.23. The molecule has 1 aromatic rings. The molecule has 1 saturated heterocycles. The van der Waals surface area contributed by atoms with Crippen molar-refractivity contribution in [2.24, 2.45) is 5.73 Å². The molecule has 20 heavy (non-hydrogen) atoms. The van der Waals surface area contributed by atoms with Crippen LogP contribution in [0.4, 0.5) is 0 Å². The highest BCUT2D eigenvalue weighted by Crippen LogP contribution is 2.33. The molecule has 2 N–H and O–H groups in total. The predicted molar refractivity (Wildman–Crippen MR) is 84.3 cm³/mol. The topological polar surface area (TPSA) is 38.5 Å². The van der Waals surface area contributed by atoms with Crippen molar-refractivity contribution >= 4 is 0 Å². The van der Waals surface area contributed by atoms with Crippen molar-refractivity contribution in [1.82, 2.24) is 4.90 Å². The first kappa shape index (κ1) is 15.3. The normalized spacial score (nSPS) is 17.4. The van der Waals surface area contributed by atoms with Crippen molar-refractivity contribution in [3.05, 3.63) is 28.8 Å². The largest absolute Gasteiger partial charge is 0.494 e. The second-order valence-electron chi connectivity index (χ2n) is 5.74. The molecule has 112 valence electrons. The Hall–Kier alpha value is -1.06. The second kappa shape index (κ2) is 7.09. The summed E-state index contributed by atoms with van der Waals surface area (Å²) in [5, 5.41) is 0. The molecule has 0 amide bonds. The number of rotatable bonds is 6. The van der Waals surface area contributed by atoms with Crippen LogP contribution in [-0.2, 0) is 0 Å². The molecule has 0 saturated carbocycles. The van der Waals surface area contributed by atoms with Gasteiger partial charge in [0, 0.05) is 6.04 Å². The molecule has 1 aliphatic heterocycles. The van der Waals surface area contributed by atoms with Gasteiger partial charge in [0.1, 0.15) is 5.75 Å². The van der Waals surface area contributed by atoms with Crippen LogP contribution < -0.4 is 10.5 Å². The zero-order valence-corrected chi connectivity index (χ0v) is 13.1. The third-order valence-electron chi connectivity index (χ3n) is 4.24. The van der Waals surface area contributed by atoms with Gasteiger partial charge in [-0.1, -0.05) is 6.07 Å². The van der Waals surface area contributed by atoms with Crippen LogP contribution in [0.5, 0.6) is 5.75 Å². The lowest BCUT2D eigenvalue weighted by Crippen LogP contribution is -2.28. The Balaban J connectivity index is 2.30. The molecule has 2 rings (SSSR count). The van der Waals surface area contributed by atoms with Gasteiger partial charge in [0.15, 0.2) is 0 Å². The Morgan fingerprint density at radius 2 is 1.90 bits per heavy atom. The molecular weight excluding hydrogens is 248 g/mol. The van der Waals surface area contributed by atoms with Gasteiger partial charge in [-0.25, -0.2) is 0 Å². The average Bonchev–Trinajstić information content (AvgIpc) is 2.94. The smallest absolute Gasteiger partial charge is 0.122 e. The monoisotopic (exact) mass is 276 g/mol. The molecule has 3 heteroatoms. The summed E-state index contributed by atoms with van der Waals surface area (Å²) < 4.78 is 5.70. The SMILES string of the molecule is CCOc1cc(C)c(C(CCN)N2CCCC2)cc1C. The van der Waals surface area contributed by atoms with E-state index in [-0.39, 0.29) is 0 Å². The summed E-state index contributed by atoms with van der Waals surface area (Å²) in [4.78, 5) is 2.59. The molecular formula is C17H28N2O. The number of nitrogens with zero attached hydrogens (tertiary/aromatic N) is 1. The highest BCUT2D eigenvalue weighted by molar-refractivity contribution is 5.43. The number of likely N-dealkylation sites (tertiary alicyclic amines) is 1. The van der Waals surface area contributed by atoms with Gasteiger partial charge in [0.05, 0.1) is 6.61 Å². The third-order valence-corrected chi connectivity index (χ3v) is 4.24. The van der Waals surface area contributed by atoms with E-state index in [0.29, 0.717) is 6.04 Å². The molecule has 1 fully saturated rings. The first-order chi connectivity index (χ1) is 9.67. The van der Waals surface area contributed by atoms with Gasteiger partial charge < -0.3 is 10.5 Å². The Labute approximate surface area is 123 Å². The fraction of sp³-hybridized carbons (Fsp3) is 0.647. The maximum absolute atomic E-state index is 5.85. The Bertz CT molecular complexity index is 439. The highest BCUT2D eigenvalue weighted by Gasteiger charge is 2.24. The maximum atomic E-state index is 5.85. The number of aryl methyl sites for hydroxylation is 2. The van der Waals surface area contributed by atoms with E-state index in [9.17, 15) is 0 Å². The molecule has 1 aliphatic rings. The average molecular weight is 276 g/mol. The summed E-state index contributed by atoms with van der Waals surface area (Å²) in [5.41, 5.74) is 9.83. The highest BCUT2D eigenvalue weighted by atomic mass is 16.5. The molecule has 1 heterocycles. The summed E-state index contributed by atoms with van der Waals surface area (Å²) in [5.74, 6) is 1.02. The lowest BCUT2D eigenvalue weighted by Gasteiger charge is -2.29. The van der Waals surface area contributed by atoms with Crippen LogP contribution in [0.15, 0.2) is 12.1 Å². The van der Waals surface area contributed by atoms with E-state index in [1.165, 1.54) is 42.6 Å². The van der Waals surface area contributed by atoms with E-state index >= 15 is 0 Å². The van der Waals surface area contributed by atoms with E-state index in [0.717, 1.165) is 25.3 Å². The molecule has 0 aliphatic carbocycles. The molecule has 0 aromatic heterocycles. The quantitative estimate of drug-likeness (QED) is 0.867. The van der Waals surface area contributed by atoms with Gasteiger partial charge in [0.2, 0.25) is 0 Å². The Morgan fingerprint density at radius 1 is 1.20 bits per heavy atom. The van der Waals surface area contributed by atoms with Gasteiger partial charge in [-0.3, -0.25) is 4.90 Å². The minimum Gasteiger partial charge on any atom is -0.494 e. The van der Waals surface area contributed by atoms with Crippen LogP contribution in [-0.4, -0.2) is 31.1 Å². The molecule has 0 spiro atoms.